The smallest absolute Gasteiger partial charge is 0.338 e. The summed E-state index contributed by atoms with van der Waals surface area (Å²) in [5, 5.41) is 8.72. The maximum atomic E-state index is 11.7. The molecule has 0 saturated carbocycles. The number of hydrogen-bond acceptors (Lipinski definition) is 6. The normalized spacial score (nSPS) is 10.4. The Morgan fingerprint density at radius 1 is 0.769 bits per heavy atom. The Balaban J connectivity index is 2.39. The van der Waals surface area contributed by atoms with E-state index < -0.39 is 11.9 Å². The van der Waals surface area contributed by atoms with Crippen LogP contribution in [0.2, 0.25) is 0 Å². The number of ether oxygens (including phenoxy) is 3. The zero-order valence-electron chi connectivity index (χ0n) is 15.8. The molecule has 0 atom stereocenters. The molecule has 0 heterocycles. The Hall–Kier alpha value is -2.08. The van der Waals surface area contributed by atoms with Gasteiger partial charge < -0.3 is 19.3 Å². The number of aliphatic hydroxyl groups excluding tert-OH is 1. The van der Waals surface area contributed by atoms with Crippen molar-refractivity contribution in [2.75, 3.05) is 27.4 Å². The van der Waals surface area contributed by atoms with E-state index in [-0.39, 0.29) is 17.7 Å². The number of hydrogen-bond donors (Lipinski definition) is 1. The van der Waals surface area contributed by atoms with Crippen LogP contribution in [0, 0.1) is 0 Å². The molecule has 0 aliphatic carbocycles. The van der Waals surface area contributed by atoms with Gasteiger partial charge in [0.2, 0.25) is 0 Å². The molecule has 0 spiro atoms. The van der Waals surface area contributed by atoms with E-state index in [4.69, 9.17) is 19.3 Å². The second kappa shape index (κ2) is 13.2. The summed E-state index contributed by atoms with van der Waals surface area (Å²) in [4.78, 5) is 23.5. The molecular weight excluding hydrogens is 336 g/mol. The zero-order chi connectivity index (χ0) is 19.2. The van der Waals surface area contributed by atoms with Gasteiger partial charge in [0.25, 0.3) is 0 Å². The van der Waals surface area contributed by atoms with Crippen LogP contribution in [0.25, 0.3) is 0 Å². The molecule has 1 rings (SSSR count). The molecule has 6 nitrogen and oxygen atoms in total. The Morgan fingerprint density at radius 3 is 1.69 bits per heavy atom. The van der Waals surface area contributed by atoms with Gasteiger partial charge >= 0.3 is 11.9 Å². The van der Waals surface area contributed by atoms with Gasteiger partial charge in [0.05, 0.1) is 32.0 Å². The van der Waals surface area contributed by atoms with E-state index in [0.717, 1.165) is 32.1 Å². The highest BCUT2D eigenvalue weighted by molar-refractivity contribution is 5.96. The van der Waals surface area contributed by atoms with Crippen molar-refractivity contribution >= 4 is 11.9 Å². The average molecular weight is 366 g/mol. The number of esters is 2. The van der Waals surface area contributed by atoms with E-state index in [1.807, 2.05) is 0 Å². The standard InChI is InChI=1S/C20H30O6/c1-24-19(22)16-13-17(20(23)25-2)15-18(14-16)26-12-10-8-6-4-3-5-7-9-11-21/h13-15,21H,3-12H2,1-2H3. The predicted molar refractivity (Wildman–Crippen MR) is 98.6 cm³/mol. The molecular formula is C20H30O6. The Bertz CT molecular complexity index is 521. The molecule has 0 fully saturated rings. The lowest BCUT2D eigenvalue weighted by molar-refractivity contribution is 0.0598. The Labute approximate surface area is 155 Å². The number of methoxy groups -OCH3 is 2. The molecule has 26 heavy (non-hydrogen) atoms. The predicted octanol–water partition coefficient (Wildman–Crippen LogP) is 3.75. The van der Waals surface area contributed by atoms with Crippen molar-refractivity contribution in [2.45, 2.75) is 51.4 Å². The highest BCUT2D eigenvalue weighted by Crippen LogP contribution is 2.19. The third-order valence-electron chi connectivity index (χ3n) is 4.07. The second-order valence-electron chi connectivity index (χ2n) is 6.13. The SMILES string of the molecule is COC(=O)c1cc(OCCCCCCCCCCO)cc(C(=O)OC)c1. The van der Waals surface area contributed by atoms with Crippen LogP contribution in [0.4, 0.5) is 0 Å². The van der Waals surface area contributed by atoms with Gasteiger partial charge in [0, 0.05) is 6.61 Å². The first kappa shape index (κ1) is 22.0. The third kappa shape index (κ3) is 8.34. The number of carbonyl (C=O) groups excluding carboxylic acids is 2. The molecule has 1 aromatic carbocycles. The molecule has 1 aromatic rings. The van der Waals surface area contributed by atoms with Crippen molar-refractivity contribution in [3.05, 3.63) is 29.3 Å². The van der Waals surface area contributed by atoms with Gasteiger partial charge in [-0.15, -0.1) is 0 Å². The third-order valence-corrected chi connectivity index (χ3v) is 4.07. The summed E-state index contributed by atoms with van der Waals surface area (Å²) in [6, 6.07) is 4.57. The fourth-order valence-electron chi connectivity index (χ4n) is 2.62. The molecule has 0 bridgehead atoms. The molecule has 146 valence electrons. The molecule has 1 N–H and O–H groups in total. The number of aliphatic hydroxyl groups is 1. The molecule has 0 amide bonds. The van der Waals surface area contributed by atoms with Gasteiger partial charge in [0.1, 0.15) is 5.75 Å². The first-order valence-electron chi connectivity index (χ1n) is 9.17. The summed E-state index contributed by atoms with van der Waals surface area (Å²) in [6.07, 6.45) is 8.68. The molecule has 0 radical (unpaired) electrons. The first-order chi connectivity index (χ1) is 12.6. The molecule has 0 aliphatic rings. The fraction of sp³-hybridized carbons (Fsp3) is 0.600. The number of unbranched alkanes of at least 4 members (excludes halogenated alkanes) is 7. The summed E-state index contributed by atoms with van der Waals surface area (Å²) in [6.45, 7) is 0.808. The molecule has 0 aliphatic heterocycles. The lowest BCUT2D eigenvalue weighted by Gasteiger charge is -2.10. The Morgan fingerprint density at radius 2 is 1.23 bits per heavy atom. The Kier molecular flexibility index (Phi) is 11.1. The van der Waals surface area contributed by atoms with Crippen LogP contribution < -0.4 is 4.74 Å². The van der Waals surface area contributed by atoms with Crippen molar-refractivity contribution in [3.8, 4) is 5.75 Å². The number of rotatable bonds is 13. The minimum Gasteiger partial charge on any atom is -0.494 e. The van der Waals surface area contributed by atoms with Gasteiger partial charge in [-0.2, -0.15) is 0 Å². The summed E-state index contributed by atoms with van der Waals surface area (Å²) < 4.78 is 15.1. The van der Waals surface area contributed by atoms with E-state index in [9.17, 15) is 9.59 Å². The molecule has 0 aromatic heterocycles. The van der Waals surface area contributed by atoms with Crippen molar-refractivity contribution in [2.24, 2.45) is 0 Å². The van der Waals surface area contributed by atoms with Crippen LogP contribution in [-0.4, -0.2) is 44.5 Å². The highest BCUT2D eigenvalue weighted by atomic mass is 16.5. The molecule has 6 heteroatoms. The molecule has 0 saturated heterocycles. The van der Waals surface area contributed by atoms with Crippen LogP contribution in [0.3, 0.4) is 0 Å². The minimum absolute atomic E-state index is 0.258. The number of benzene rings is 1. The van der Waals surface area contributed by atoms with Gasteiger partial charge in [-0.3, -0.25) is 0 Å². The van der Waals surface area contributed by atoms with Gasteiger partial charge in [-0.1, -0.05) is 38.5 Å². The maximum absolute atomic E-state index is 11.7. The van der Waals surface area contributed by atoms with Crippen molar-refractivity contribution < 1.29 is 28.9 Å². The van der Waals surface area contributed by atoms with E-state index in [1.165, 1.54) is 39.5 Å². The van der Waals surface area contributed by atoms with Crippen LogP contribution in [-0.2, 0) is 9.47 Å². The first-order valence-corrected chi connectivity index (χ1v) is 9.17. The van der Waals surface area contributed by atoms with E-state index in [2.05, 4.69) is 0 Å². The summed E-state index contributed by atoms with van der Waals surface area (Å²) in [7, 11) is 2.58. The quantitative estimate of drug-likeness (QED) is 0.423. The fourth-order valence-corrected chi connectivity index (χ4v) is 2.62. The number of carbonyl (C=O) groups is 2. The average Bonchev–Trinajstić information content (AvgIpc) is 2.67. The van der Waals surface area contributed by atoms with Gasteiger partial charge in [-0.25, -0.2) is 9.59 Å². The topological polar surface area (TPSA) is 82.1 Å². The van der Waals surface area contributed by atoms with Crippen molar-refractivity contribution in [1.29, 1.82) is 0 Å². The monoisotopic (exact) mass is 366 g/mol. The van der Waals surface area contributed by atoms with E-state index in [0.29, 0.717) is 12.4 Å². The van der Waals surface area contributed by atoms with Crippen LogP contribution in [0.1, 0.15) is 72.1 Å². The summed E-state index contributed by atoms with van der Waals surface area (Å²) in [5.74, 6) is -0.596. The van der Waals surface area contributed by atoms with E-state index >= 15 is 0 Å². The summed E-state index contributed by atoms with van der Waals surface area (Å²) in [5.41, 5.74) is 0.515. The molecule has 0 unspecified atom stereocenters. The van der Waals surface area contributed by atoms with Gasteiger partial charge in [-0.05, 0) is 31.0 Å². The van der Waals surface area contributed by atoms with Crippen molar-refractivity contribution in [3.63, 3.8) is 0 Å². The minimum atomic E-state index is -0.526. The van der Waals surface area contributed by atoms with Crippen molar-refractivity contribution in [1.82, 2.24) is 0 Å². The zero-order valence-corrected chi connectivity index (χ0v) is 15.8. The van der Waals surface area contributed by atoms with E-state index in [1.54, 1.807) is 12.1 Å². The summed E-state index contributed by atoms with van der Waals surface area (Å²) >= 11 is 0. The maximum Gasteiger partial charge on any atom is 0.338 e. The van der Waals surface area contributed by atoms with Crippen LogP contribution in [0.15, 0.2) is 18.2 Å². The second-order valence-corrected chi connectivity index (χ2v) is 6.13. The largest absolute Gasteiger partial charge is 0.494 e. The lowest BCUT2D eigenvalue weighted by Crippen LogP contribution is -2.08. The highest BCUT2D eigenvalue weighted by Gasteiger charge is 2.14. The van der Waals surface area contributed by atoms with Gasteiger partial charge in [0.15, 0.2) is 0 Å². The van der Waals surface area contributed by atoms with Crippen LogP contribution >= 0.6 is 0 Å². The lowest BCUT2D eigenvalue weighted by atomic mass is 10.1. The van der Waals surface area contributed by atoms with Crippen LogP contribution in [0.5, 0.6) is 5.75 Å².